The lowest BCUT2D eigenvalue weighted by molar-refractivity contribution is -0.145. The Labute approximate surface area is 294 Å². The number of amides is 1. The Hall–Kier alpha value is -5.94. The van der Waals surface area contributed by atoms with Crippen molar-refractivity contribution in [3.05, 3.63) is 150 Å². The average Bonchev–Trinajstić information content (AvgIpc) is 3.64. The van der Waals surface area contributed by atoms with E-state index in [0.717, 1.165) is 33.5 Å². The Kier molecular flexibility index (Phi) is 11.6. The summed E-state index contributed by atoms with van der Waals surface area (Å²) in [6, 6.07) is 38.1. The zero-order valence-electron chi connectivity index (χ0n) is 28.9. The summed E-state index contributed by atoms with van der Waals surface area (Å²) in [5.74, 6) is -1.02. The van der Waals surface area contributed by atoms with E-state index in [2.05, 4.69) is 11.4 Å². The zero-order valence-corrected chi connectivity index (χ0v) is 28.9. The fourth-order valence-electron chi connectivity index (χ4n) is 5.52. The number of benzene rings is 4. The Morgan fingerprint density at radius 3 is 1.90 bits per heavy atom. The summed E-state index contributed by atoms with van der Waals surface area (Å²) in [5, 5.41) is 11.9. The number of nitriles is 1. The summed E-state index contributed by atoms with van der Waals surface area (Å²) >= 11 is 0. The molecule has 50 heavy (non-hydrogen) atoms. The molecule has 5 aromatic rings. The van der Waals surface area contributed by atoms with E-state index >= 15 is 0 Å². The number of nitrogens with zero attached hydrogens (tertiary/aromatic N) is 3. The number of carbonyl (C=O) groups excluding carboxylic acids is 2. The summed E-state index contributed by atoms with van der Waals surface area (Å²) in [4.78, 5) is 31.6. The van der Waals surface area contributed by atoms with E-state index in [1.54, 1.807) is 19.2 Å². The second-order valence-corrected chi connectivity index (χ2v) is 13.1. The largest absolute Gasteiger partial charge is 0.476 e. The van der Waals surface area contributed by atoms with Crippen LogP contribution in [0.4, 0.5) is 0 Å². The van der Waals surface area contributed by atoms with Crippen molar-refractivity contribution in [1.29, 1.82) is 5.26 Å². The summed E-state index contributed by atoms with van der Waals surface area (Å²) < 4.78 is 14.2. The van der Waals surface area contributed by atoms with Crippen LogP contribution in [0.2, 0.25) is 0 Å². The highest BCUT2D eigenvalue weighted by atomic mass is 16.5. The minimum absolute atomic E-state index is 0.0489. The molecule has 5 rings (SSSR count). The van der Waals surface area contributed by atoms with E-state index in [-0.39, 0.29) is 31.4 Å². The zero-order chi connectivity index (χ0) is 35.5. The fraction of sp³-hybridized carbons (Fsp3) is 0.238. The monoisotopic (exact) mass is 666 g/mol. The normalized spacial score (nSPS) is 12.7. The smallest absolute Gasteiger partial charge is 0.307 e. The number of esters is 1. The van der Waals surface area contributed by atoms with E-state index in [0.29, 0.717) is 5.56 Å². The van der Waals surface area contributed by atoms with Crippen molar-refractivity contribution >= 4 is 17.8 Å². The van der Waals surface area contributed by atoms with Gasteiger partial charge in [-0.2, -0.15) is 5.26 Å². The van der Waals surface area contributed by atoms with Crippen molar-refractivity contribution in [2.75, 3.05) is 7.05 Å². The number of hydrogen-bond donors (Lipinski definition) is 1. The van der Waals surface area contributed by atoms with Crippen LogP contribution in [0.1, 0.15) is 55.4 Å². The average molecular weight is 667 g/mol. The van der Waals surface area contributed by atoms with Crippen LogP contribution in [0.5, 0.6) is 0 Å². The number of likely N-dealkylation sites (N-methyl/N-ethyl adjacent to an activating group) is 1. The van der Waals surface area contributed by atoms with Gasteiger partial charge in [-0.05, 0) is 63.6 Å². The van der Waals surface area contributed by atoms with Crippen LogP contribution < -0.4 is 5.32 Å². The van der Waals surface area contributed by atoms with Gasteiger partial charge in [0, 0.05) is 25.1 Å². The number of rotatable bonds is 12. The minimum atomic E-state index is -0.780. The van der Waals surface area contributed by atoms with Gasteiger partial charge in [0.2, 0.25) is 5.91 Å². The molecular weight excluding hydrogens is 624 g/mol. The van der Waals surface area contributed by atoms with Gasteiger partial charge in [0.25, 0.3) is 0 Å². The first-order valence-electron chi connectivity index (χ1n) is 16.6. The second-order valence-electron chi connectivity index (χ2n) is 13.1. The van der Waals surface area contributed by atoms with Crippen molar-refractivity contribution in [2.45, 2.75) is 52.4 Å². The first kappa shape index (κ1) is 35.4. The number of ether oxygens (including phenoxy) is 2. The number of aliphatic imine (C=N–C) groups is 1. The van der Waals surface area contributed by atoms with Gasteiger partial charge in [0.1, 0.15) is 19.3 Å². The molecule has 1 N–H and O–H groups in total. The van der Waals surface area contributed by atoms with Gasteiger partial charge in [0.05, 0.1) is 24.0 Å². The molecular formula is C42H42N4O4. The lowest BCUT2D eigenvalue weighted by atomic mass is 9.86. The predicted octanol–water partition coefficient (Wildman–Crippen LogP) is 8.01. The van der Waals surface area contributed by atoms with Crippen LogP contribution in [0, 0.1) is 16.7 Å². The molecule has 0 bridgehead atoms. The number of carbonyl (C=O) groups is 2. The number of aromatic nitrogens is 1. The van der Waals surface area contributed by atoms with Crippen LogP contribution >= 0.6 is 0 Å². The van der Waals surface area contributed by atoms with E-state index in [4.69, 9.17) is 19.7 Å². The highest BCUT2D eigenvalue weighted by Crippen LogP contribution is 2.30. The van der Waals surface area contributed by atoms with Gasteiger partial charge in [-0.15, -0.1) is 0 Å². The maximum atomic E-state index is 13.5. The molecule has 0 fully saturated rings. The molecule has 254 valence electrons. The van der Waals surface area contributed by atoms with Crippen molar-refractivity contribution < 1.29 is 19.1 Å². The molecule has 8 heteroatoms. The number of nitrogens with one attached hydrogen (secondary N) is 1. The molecule has 0 radical (unpaired) electrons. The molecule has 1 aromatic heterocycles. The Morgan fingerprint density at radius 2 is 1.36 bits per heavy atom. The van der Waals surface area contributed by atoms with Gasteiger partial charge in [-0.25, -0.2) is 4.99 Å². The molecule has 4 aromatic carbocycles. The lowest BCUT2D eigenvalue weighted by Gasteiger charge is -2.28. The van der Waals surface area contributed by atoms with Gasteiger partial charge in [-0.3, -0.25) is 9.59 Å². The maximum absolute atomic E-state index is 13.5. The fourth-order valence-corrected chi connectivity index (χ4v) is 5.52. The van der Waals surface area contributed by atoms with Gasteiger partial charge in [-0.1, -0.05) is 106 Å². The maximum Gasteiger partial charge on any atom is 0.307 e. The van der Waals surface area contributed by atoms with Crippen molar-refractivity contribution in [3.8, 4) is 22.9 Å². The van der Waals surface area contributed by atoms with Gasteiger partial charge >= 0.3 is 5.97 Å². The summed E-state index contributed by atoms with van der Waals surface area (Å²) in [7, 11) is 1.59. The highest BCUT2D eigenvalue weighted by Gasteiger charge is 2.34. The molecule has 0 spiro atoms. The third kappa shape index (κ3) is 9.36. The van der Waals surface area contributed by atoms with Crippen LogP contribution in [0.15, 0.2) is 133 Å². The first-order valence-corrected chi connectivity index (χ1v) is 16.6. The summed E-state index contributed by atoms with van der Waals surface area (Å²) in [5.41, 5.74) is 5.63. The predicted molar refractivity (Wildman–Crippen MR) is 195 cm³/mol. The van der Waals surface area contributed by atoms with Crippen LogP contribution in [0.25, 0.3) is 16.8 Å². The topological polar surface area (TPSA) is 106 Å². The molecule has 0 aliphatic rings. The summed E-state index contributed by atoms with van der Waals surface area (Å²) in [6.45, 7) is 6.20. The molecule has 0 aliphatic heterocycles. The molecule has 2 atom stereocenters. The first-order chi connectivity index (χ1) is 24.1. The molecule has 0 saturated carbocycles. The molecule has 0 unspecified atom stereocenters. The molecule has 1 heterocycles. The van der Waals surface area contributed by atoms with E-state index in [1.807, 2.05) is 141 Å². The van der Waals surface area contributed by atoms with Crippen LogP contribution in [0.3, 0.4) is 0 Å². The second kappa shape index (κ2) is 16.4. The van der Waals surface area contributed by atoms with Crippen LogP contribution in [-0.2, 0) is 32.3 Å². The van der Waals surface area contributed by atoms with Gasteiger partial charge < -0.3 is 19.4 Å². The minimum Gasteiger partial charge on any atom is -0.476 e. The molecule has 0 saturated heterocycles. The highest BCUT2D eigenvalue weighted by molar-refractivity contribution is 5.91. The standard InChI is InChI=1S/C42H42N4O4/c1-42(2,3)39(40(48)44-4)45-41(50-29-32-13-9-6-10-14-32)37(25-38(47)49-28-31-11-7-5-8-12-31)35-23-24-46(27-35)36-21-19-34(20-22-36)33-17-15-30(26-43)16-18-33/h5-24,27,37,39H,25,28-29H2,1-4H3,(H,44,48)/t37-,39+/m0/s1. The van der Waals surface area contributed by atoms with Crippen LogP contribution in [-0.4, -0.2) is 35.4 Å². The quantitative estimate of drug-likeness (QED) is 0.0825. The summed E-state index contributed by atoms with van der Waals surface area (Å²) in [6.07, 6.45) is 3.84. The van der Waals surface area contributed by atoms with E-state index < -0.39 is 23.3 Å². The van der Waals surface area contributed by atoms with Crippen molar-refractivity contribution in [3.63, 3.8) is 0 Å². The Bertz CT molecular complexity index is 1940. The molecule has 0 aliphatic carbocycles. The van der Waals surface area contributed by atoms with Crippen molar-refractivity contribution in [2.24, 2.45) is 10.4 Å². The lowest BCUT2D eigenvalue weighted by Crippen LogP contribution is -2.41. The van der Waals surface area contributed by atoms with Gasteiger partial charge in [0.15, 0.2) is 5.90 Å². The Balaban J connectivity index is 1.50. The van der Waals surface area contributed by atoms with E-state index in [9.17, 15) is 9.59 Å². The number of hydrogen-bond acceptors (Lipinski definition) is 6. The molecule has 1 amide bonds. The van der Waals surface area contributed by atoms with Crippen molar-refractivity contribution in [1.82, 2.24) is 9.88 Å². The van der Waals surface area contributed by atoms with E-state index in [1.165, 1.54) is 0 Å². The Morgan fingerprint density at radius 1 is 0.800 bits per heavy atom. The molecule has 8 nitrogen and oxygen atoms in total. The SMILES string of the molecule is CNC(=O)[C@@H](N=C(OCc1ccccc1)[C@@H](CC(=O)OCc1ccccc1)c1ccn(-c2ccc(-c3ccc(C#N)cc3)cc2)c1)C(C)(C)C. The third-order valence-corrected chi connectivity index (χ3v) is 8.34. The third-order valence-electron chi connectivity index (χ3n) is 8.34.